The van der Waals surface area contributed by atoms with Gasteiger partial charge in [0.05, 0.1) is 5.69 Å². The number of nitrogens with one attached hydrogen (secondary N) is 1. The molecule has 0 saturated heterocycles. The standard InChI is InChI=1S/C19H14N2O4/c20-9-10-24-17-4-2-1-3-13(17)5-7-16(22)14-6-8-18-15(11-14)21-19(23)12-25-18/h1-8,11H,10,12H2,(H,21,23)/b7-5+. The van der Waals surface area contributed by atoms with Crippen molar-refractivity contribution in [1.29, 1.82) is 5.26 Å². The number of carbonyl (C=O) groups is 2. The van der Waals surface area contributed by atoms with E-state index in [1.807, 2.05) is 12.1 Å². The number of allylic oxidation sites excluding steroid dienone is 1. The van der Waals surface area contributed by atoms with Crippen LogP contribution in [0.1, 0.15) is 15.9 Å². The first-order chi connectivity index (χ1) is 12.2. The minimum atomic E-state index is -0.254. The monoisotopic (exact) mass is 334 g/mol. The second kappa shape index (κ2) is 7.32. The first-order valence-electron chi connectivity index (χ1n) is 7.55. The van der Waals surface area contributed by atoms with E-state index in [1.165, 1.54) is 6.08 Å². The molecule has 6 nitrogen and oxygen atoms in total. The van der Waals surface area contributed by atoms with Crippen molar-refractivity contribution in [1.82, 2.24) is 0 Å². The van der Waals surface area contributed by atoms with E-state index in [4.69, 9.17) is 14.7 Å². The molecule has 0 saturated carbocycles. The van der Waals surface area contributed by atoms with Crippen molar-refractivity contribution in [3.8, 4) is 17.6 Å². The third-order valence-electron chi connectivity index (χ3n) is 3.52. The first kappa shape index (κ1) is 16.3. The van der Waals surface area contributed by atoms with Crippen molar-refractivity contribution in [3.63, 3.8) is 0 Å². The number of nitrogens with zero attached hydrogens (tertiary/aromatic N) is 1. The van der Waals surface area contributed by atoms with Crippen molar-refractivity contribution in [2.75, 3.05) is 18.5 Å². The number of rotatable bonds is 5. The quantitative estimate of drug-likeness (QED) is 0.671. The maximum absolute atomic E-state index is 12.4. The summed E-state index contributed by atoms with van der Waals surface area (Å²) in [6.45, 7) is -0.0942. The van der Waals surface area contributed by atoms with E-state index in [0.717, 1.165) is 0 Å². The van der Waals surface area contributed by atoms with Crippen LogP contribution < -0.4 is 14.8 Å². The summed E-state index contributed by atoms with van der Waals surface area (Å²) in [5, 5.41) is 11.3. The lowest BCUT2D eigenvalue weighted by molar-refractivity contribution is -0.118. The zero-order valence-electron chi connectivity index (χ0n) is 13.2. The van der Waals surface area contributed by atoms with Crippen molar-refractivity contribution in [2.24, 2.45) is 0 Å². The van der Waals surface area contributed by atoms with Crippen molar-refractivity contribution < 1.29 is 19.1 Å². The highest BCUT2D eigenvalue weighted by molar-refractivity contribution is 6.08. The Hall–Kier alpha value is -3.59. The maximum atomic E-state index is 12.4. The molecule has 124 valence electrons. The van der Waals surface area contributed by atoms with E-state index in [-0.39, 0.29) is 24.9 Å². The normalized spacial score (nSPS) is 12.7. The predicted octanol–water partition coefficient (Wildman–Crippen LogP) is 2.82. The molecule has 3 rings (SSSR count). The van der Waals surface area contributed by atoms with E-state index in [9.17, 15) is 9.59 Å². The number of benzene rings is 2. The molecule has 0 spiro atoms. The molecule has 0 unspecified atom stereocenters. The van der Waals surface area contributed by atoms with Crippen LogP contribution in [0.2, 0.25) is 0 Å². The van der Waals surface area contributed by atoms with Crippen molar-refractivity contribution in [3.05, 3.63) is 59.7 Å². The van der Waals surface area contributed by atoms with E-state index >= 15 is 0 Å². The summed E-state index contributed by atoms with van der Waals surface area (Å²) in [7, 11) is 0. The Labute approximate surface area is 144 Å². The van der Waals surface area contributed by atoms with Crippen LogP contribution in [0, 0.1) is 11.3 Å². The van der Waals surface area contributed by atoms with Gasteiger partial charge in [-0.2, -0.15) is 5.26 Å². The van der Waals surface area contributed by atoms with Gasteiger partial charge in [-0.3, -0.25) is 9.59 Å². The van der Waals surface area contributed by atoms with Crippen LogP contribution in [0.5, 0.6) is 11.5 Å². The molecular weight excluding hydrogens is 320 g/mol. The summed E-state index contributed by atoms with van der Waals surface area (Å²) in [4.78, 5) is 23.7. The second-order valence-electron chi connectivity index (χ2n) is 5.23. The molecular formula is C19H14N2O4. The Morgan fingerprint density at radius 2 is 2.16 bits per heavy atom. The molecule has 25 heavy (non-hydrogen) atoms. The van der Waals surface area contributed by atoms with Gasteiger partial charge in [-0.1, -0.05) is 18.2 Å². The largest absolute Gasteiger partial charge is 0.482 e. The number of fused-ring (bicyclic) bond motifs is 1. The average Bonchev–Trinajstić information content (AvgIpc) is 2.64. The van der Waals surface area contributed by atoms with Gasteiger partial charge in [0.15, 0.2) is 19.0 Å². The first-order valence-corrected chi connectivity index (χ1v) is 7.55. The molecule has 1 amide bonds. The molecule has 1 aliphatic heterocycles. The second-order valence-corrected chi connectivity index (χ2v) is 5.23. The van der Waals surface area contributed by atoms with Crippen LogP contribution >= 0.6 is 0 Å². The molecule has 0 fully saturated rings. The summed E-state index contributed by atoms with van der Waals surface area (Å²) >= 11 is 0. The lowest BCUT2D eigenvalue weighted by Gasteiger charge is -2.17. The Kier molecular flexibility index (Phi) is 4.77. The van der Waals surface area contributed by atoms with Crippen LogP contribution in [0.15, 0.2) is 48.5 Å². The number of anilines is 1. The average molecular weight is 334 g/mol. The van der Waals surface area contributed by atoms with Gasteiger partial charge in [-0.05, 0) is 36.4 Å². The van der Waals surface area contributed by atoms with E-state index in [2.05, 4.69) is 5.32 Å². The number of ketones is 1. The fraction of sp³-hybridized carbons (Fsp3) is 0.105. The highest BCUT2D eigenvalue weighted by Gasteiger charge is 2.17. The number of nitriles is 1. The zero-order chi connectivity index (χ0) is 17.6. The highest BCUT2D eigenvalue weighted by Crippen LogP contribution is 2.29. The van der Waals surface area contributed by atoms with Gasteiger partial charge in [0.25, 0.3) is 5.91 Å². The van der Waals surface area contributed by atoms with Crippen LogP contribution in [-0.2, 0) is 4.79 Å². The summed E-state index contributed by atoms with van der Waals surface area (Å²) in [6.07, 6.45) is 3.05. The number of para-hydroxylation sites is 1. The lowest BCUT2D eigenvalue weighted by atomic mass is 10.1. The van der Waals surface area contributed by atoms with Crippen molar-refractivity contribution >= 4 is 23.5 Å². The Bertz CT molecular complexity index is 897. The predicted molar refractivity (Wildman–Crippen MR) is 91.5 cm³/mol. The molecule has 1 N–H and O–H groups in total. The number of hydrogen-bond acceptors (Lipinski definition) is 5. The molecule has 2 aromatic rings. The van der Waals surface area contributed by atoms with E-state index in [1.54, 1.807) is 42.5 Å². The smallest absolute Gasteiger partial charge is 0.262 e. The molecule has 0 radical (unpaired) electrons. The Morgan fingerprint density at radius 1 is 1.32 bits per heavy atom. The molecule has 0 aromatic heterocycles. The van der Waals surface area contributed by atoms with Gasteiger partial charge in [-0.15, -0.1) is 0 Å². The summed E-state index contributed by atoms with van der Waals surface area (Å²) in [6, 6.07) is 13.9. The van der Waals surface area contributed by atoms with Gasteiger partial charge < -0.3 is 14.8 Å². The third-order valence-corrected chi connectivity index (χ3v) is 3.52. The molecule has 0 bridgehead atoms. The Morgan fingerprint density at radius 3 is 3.00 bits per heavy atom. The Balaban J connectivity index is 1.79. The van der Waals surface area contributed by atoms with Gasteiger partial charge in [0.2, 0.25) is 0 Å². The van der Waals surface area contributed by atoms with Crippen LogP contribution in [0.25, 0.3) is 6.08 Å². The molecule has 2 aromatic carbocycles. The molecule has 0 atom stereocenters. The number of amides is 1. The zero-order valence-corrected chi connectivity index (χ0v) is 13.2. The maximum Gasteiger partial charge on any atom is 0.262 e. The summed E-state index contributed by atoms with van der Waals surface area (Å²) in [5.41, 5.74) is 1.60. The van der Waals surface area contributed by atoms with Crippen LogP contribution in [0.3, 0.4) is 0 Å². The summed E-state index contributed by atoms with van der Waals surface area (Å²) in [5.74, 6) is 0.587. The SMILES string of the molecule is N#CCOc1ccccc1/C=C/C(=O)c1ccc2c(c1)NC(=O)CO2. The molecule has 1 aliphatic rings. The number of carbonyl (C=O) groups excluding carboxylic acids is 2. The van der Waals surface area contributed by atoms with Gasteiger partial charge in [0.1, 0.15) is 17.6 Å². The van der Waals surface area contributed by atoms with Crippen molar-refractivity contribution in [2.45, 2.75) is 0 Å². The van der Waals surface area contributed by atoms with Crippen LogP contribution in [0.4, 0.5) is 5.69 Å². The number of ether oxygens (including phenoxy) is 2. The summed E-state index contributed by atoms with van der Waals surface area (Å²) < 4.78 is 10.6. The minimum absolute atomic E-state index is 0.0281. The number of hydrogen-bond donors (Lipinski definition) is 1. The van der Waals surface area contributed by atoms with E-state index < -0.39 is 0 Å². The van der Waals surface area contributed by atoms with Crippen LogP contribution in [-0.4, -0.2) is 24.9 Å². The van der Waals surface area contributed by atoms with Gasteiger partial charge in [0, 0.05) is 11.1 Å². The van der Waals surface area contributed by atoms with Gasteiger partial charge >= 0.3 is 0 Å². The van der Waals surface area contributed by atoms with E-state index in [0.29, 0.717) is 28.3 Å². The topological polar surface area (TPSA) is 88.4 Å². The fourth-order valence-electron chi connectivity index (χ4n) is 2.36. The van der Waals surface area contributed by atoms with Gasteiger partial charge in [-0.25, -0.2) is 0 Å². The molecule has 6 heteroatoms. The highest BCUT2D eigenvalue weighted by atomic mass is 16.5. The lowest BCUT2D eigenvalue weighted by Crippen LogP contribution is -2.25. The minimum Gasteiger partial charge on any atom is -0.482 e. The fourth-order valence-corrected chi connectivity index (χ4v) is 2.36. The third kappa shape index (κ3) is 3.85. The molecule has 1 heterocycles. The molecule has 0 aliphatic carbocycles.